The summed E-state index contributed by atoms with van der Waals surface area (Å²) < 4.78 is 0. The number of hydrogen-bond donors (Lipinski definition) is 1. The molecule has 1 saturated heterocycles. The van der Waals surface area contributed by atoms with Crippen molar-refractivity contribution < 1.29 is 9.59 Å². The Balaban J connectivity index is 1.59. The molecule has 1 heterocycles. The van der Waals surface area contributed by atoms with Crippen LogP contribution in [0.25, 0.3) is 0 Å². The summed E-state index contributed by atoms with van der Waals surface area (Å²) in [6.45, 7) is 2.49. The predicted octanol–water partition coefficient (Wildman–Crippen LogP) is 3.97. The maximum Gasteiger partial charge on any atom is 0.250 e. The fraction of sp³-hybridized carbons (Fsp3) is 0.333. The number of thioether (sulfide) groups is 1. The van der Waals surface area contributed by atoms with E-state index in [1.807, 2.05) is 67.8 Å². The third kappa shape index (κ3) is 3.93. The van der Waals surface area contributed by atoms with E-state index in [1.54, 1.807) is 16.7 Å². The molecule has 5 heteroatoms. The molecule has 1 fully saturated rings. The van der Waals surface area contributed by atoms with Gasteiger partial charge in [-0.15, -0.1) is 11.8 Å². The van der Waals surface area contributed by atoms with Crippen LogP contribution in [0.15, 0.2) is 59.5 Å². The molecule has 4 nitrogen and oxygen atoms in total. The van der Waals surface area contributed by atoms with Gasteiger partial charge in [0.2, 0.25) is 11.8 Å². The third-order valence-corrected chi connectivity index (χ3v) is 5.77. The van der Waals surface area contributed by atoms with E-state index >= 15 is 0 Å². The van der Waals surface area contributed by atoms with Gasteiger partial charge in [0.25, 0.3) is 0 Å². The quantitative estimate of drug-likeness (QED) is 0.785. The van der Waals surface area contributed by atoms with Gasteiger partial charge in [0.1, 0.15) is 5.54 Å². The van der Waals surface area contributed by atoms with Crippen LogP contribution in [0.5, 0.6) is 0 Å². The van der Waals surface area contributed by atoms with Crippen molar-refractivity contribution in [2.45, 2.75) is 36.6 Å². The molecule has 0 radical (unpaired) electrons. The van der Waals surface area contributed by atoms with Crippen molar-refractivity contribution in [3.05, 3.63) is 60.2 Å². The molecule has 0 aromatic heterocycles. The number of anilines is 1. The molecule has 1 atom stereocenters. The number of hydrogen-bond acceptors (Lipinski definition) is 3. The first-order valence-electron chi connectivity index (χ1n) is 8.83. The van der Waals surface area contributed by atoms with E-state index in [2.05, 4.69) is 5.32 Å². The van der Waals surface area contributed by atoms with Crippen molar-refractivity contribution in [3.8, 4) is 0 Å². The molecule has 1 aliphatic rings. The van der Waals surface area contributed by atoms with Gasteiger partial charge < -0.3 is 10.2 Å². The Labute approximate surface area is 159 Å². The molecule has 1 N–H and O–H groups in total. The first-order chi connectivity index (χ1) is 12.5. The van der Waals surface area contributed by atoms with E-state index in [9.17, 15) is 9.59 Å². The normalized spacial score (nSPS) is 18.9. The molecule has 0 spiro atoms. The third-order valence-electron chi connectivity index (χ3n) is 5.03. The van der Waals surface area contributed by atoms with Crippen molar-refractivity contribution in [2.24, 2.45) is 0 Å². The molecular formula is C21H24N2O2S. The Morgan fingerprint density at radius 1 is 1.12 bits per heavy atom. The van der Waals surface area contributed by atoms with Crippen LogP contribution in [-0.4, -0.2) is 35.1 Å². The summed E-state index contributed by atoms with van der Waals surface area (Å²) in [6, 6.07) is 17.7. The lowest BCUT2D eigenvalue weighted by molar-refractivity contribution is -0.154. The second-order valence-electron chi connectivity index (χ2n) is 6.74. The van der Waals surface area contributed by atoms with E-state index in [4.69, 9.17) is 0 Å². The van der Waals surface area contributed by atoms with Gasteiger partial charge in [-0.05, 0) is 55.9 Å². The second kappa shape index (κ2) is 7.96. The lowest BCUT2D eigenvalue weighted by atomic mass is 9.85. The first kappa shape index (κ1) is 18.5. The van der Waals surface area contributed by atoms with Crippen molar-refractivity contribution in [1.82, 2.24) is 4.90 Å². The summed E-state index contributed by atoms with van der Waals surface area (Å²) >= 11 is 1.66. The number of likely N-dealkylation sites (tertiary alicyclic amines) is 1. The van der Waals surface area contributed by atoms with Crippen LogP contribution in [0.3, 0.4) is 0 Å². The van der Waals surface area contributed by atoms with Crippen LogP contribution in [-0.2, 0) is 16.0 Å². The number of nitrogens with one attached hydrogen (secondary N) is 1. The van der Waals surface area contributed by atoms with Crippen molar-refractivity contribution >= 4 is 29.3 Å². The summed E-state index contributed by atoms with van der Waals surface area (Å²) in [4.78, 5) is 28.2. The minimum absolute atomic E-state index is 0.0375. The summed E-state index contributed by atoms with van der Waals surface area (Å²) in [7, 11) is 0. The van der Waals surface area contributed by atoms with Crippen LogP contribution < -0.4 is 5.32 Å². The Hall–Kier alpha value is -2.27. The summed E-state index contributed by atoms with van der Waals surface area (Å²) in [6.07, 6.45) is 3.83. The van der Waals surface area contributed by atoms with E-state index in [0.717, 1.165) is 16.1 Å². The van der Waals surface area contributed by atoms with Gasteiger partial charge in [-0.3, -0.25) is 9.59 Å². The maximum atomic E-state index is 12.7. The molecule has 136 valence electrons. The number of rotatable bonds is 6. The van der Waals surface area contributed by atoms with Crippen LogP contribution in [0.4, 0.5) is 5.69 Å². The van der Waals surface area contributed by atoms with Gasteiger partial charge in [0, 0.05) is 23.5 Å². The highest BCUT2D eigenvalue weighted by Gasteiger charge is 2.49. The summed E-state index contributed by atoms with van der Waals surface area (Å²) in [5.74, 6) is -0.0794. The van der Waals surface area contributed by atoms with Crippen LogP contribution in [0.1, 0.15) is 25.3 Å². The topological polar surface area (TPSA) is 49.4 Å². The second-order valence-corrected chi connectivity index (χ2v) is 7.62. The SMILES string of the molecule is CSc1ccc(NC(=O)C2(C)CCN2C(=O)CCc2ccccc2)cc1. The van der Waals surface area contributed by atoms with Gasteiger partial charge in [-0.25, -0.2) is 0 Å². The number of benzene rings is 2. The average molecular weight is 369 g/mol. The van der Waals surface area contributed by atoms with Crippen LogP contribution in [0, 0.1) is 0 Å². The van der Waals surface area contributed by atoms with Gasteiger partial charge in [0.05, 0.1) is 0 Å². The Kier molecular flexibility index (Phi) is 5.67. The predicted molar refractivity (Wildman–Crippen MR) is 106 cm³/mol. The Morgan fingerprint density at radius 2 is 1.81 bits per heavy atom. The largest absolute Gasteiger partial charge is 0.328 e. The fourth-order valence-corrected chi connectivity index (χ4v) is 3.57. The highest BCUT2D eigenvalue weighted by molar-refractivity contribution is 7.98. The molecule has 26 heavy (non-hydrogen) atoms. The van der Waals surface area contributed by atoms with Gasteiger partial charge in [-0.2, -0.15) is 0 Å². The van der Waals surface area contributed by atoms with Gasteiger partial charge >= 0.3 is 0 Å². The summed E-state index contributed by atoms with van der Waals surface area (Å²) in [5, 5.41) is 2.95. The molecule has 2 amide bonds. The zero-order valence-corrected chi connectivity index (χ0v) is 16.0. The maximum absolute atomic E-state index is 12.7. The highest BCUT2D eigenvalue weighted by Crippen LogP contribution is 2.32. The highest BCUT2D eigenvalue weighted by atomic mass is 32.2. The van der Waals surface area contributed by atoms with Crippen molar-refractivity contribution in [3.63, 3.8) is 0 Å². The number of carbonyl (C=O) groups excluding carboxylic acids is 2. The minimum atomic E-state index is -0.758. The number of aryl methyl sites for hydroxylation is 1. The van der Waals surface area contributed by atoms with E-state index < -0.39 is 5.54 Å². The Morgan fingerprint density at radius 3 is 2.38 bits per heavy atom. The van der Waals surface area contributed by atoms with Crippen molar-refractivity contribution in [1.29, 1.82) is 0 Å². The molecular weight excluding hydrogens is 344 g/mol. The lowest BCUT2D eigenvalue weighted by Gasteiger charge is -2.49. The first-order valence-corrected chi connectivity index (χ1v) is 10.1. The molecule has 2 aromatic rings. The fourth-order valence-electron chi connectivity index (χ4n) is 3.17. The van der Waals surface area contributed by atoms with E-state index in [1.165, 1.54) is 0 Å². The average Bonchev–Trinajstić information content (AvgIpc) is 2.66. The molecule has 0 bridgehead atoms. The van der Waals surface area contributed by atoms with E-state index in [0.29, 0.717) is 25.8 Å². The van der Waals surface area contributed by atoms with Crippen molar-refractivity contribution in [2.75, 3.05) is 18.1 Å². The lowest BCUT2D eigenvalue weighted by Crippen LogP contribution is -2.66. The standard InChI is InChI=1S/C21H24N2O2S/c1-21(20(25)22-17-9-11-18(26-2)12-10-17)14-15-23(21)19(24)13-8-16-6-4-3-5-7-16/h3-7,9-12H,8,13-15H2,1-2H3,(H,22,25). The molecule has 1 unspecified atom stereocenters. The van der Waals surface area contributed by atoms with Gasteiger partial charge in [0.15, 0.2) is 0 Å². The molecule has 0 saturated carbocycles. The zero-order chi connectivity index (χ0) is 18.6. The number of amides is 2. The molecule has 2 aromatic carbocycles. The van der Waals surface area contributed by atoms with Crippen LogP contribution in [0.2, 0.25) is 0 Å². The van der Waals surface area contributed by atoms with Crippen LogP contribution >= 0.6 is 11.8 Å². The smallest absolute Gasteiger partial charge is 0.250 e. The number of nitrogens with zero attached hydrogens (tertiary/aromatic N) is 1. The number of carbonyl (C=O) groups is 2. The van der Waals surface area contributed by atoms with Gasteiger partial charge in [-0.1, -0.05) is 30.3 Å². The Bertz CT molecular complexity index is 776. The molecule has 3 rings (SSSR count). The summed E-state index contributed by atoms with van der Waals surface area (Å²) in [5.41, 5.74) is 1.14. The van der Waals surface area contributed by atoms with E-state index in [-0.39, 0.29) is 11.8 Å². The minimum Gasteiger partial charge on any atom is -0.328 e. The monoisotopic (exact) mass is 368 g/mol. The molecule has 1 aliphatic heterocycles. The zero-order valence-electron chi connectivity index (χ0n) is 15.2. The molecule has 0 aliphatic carbocycles.